The first kappa shape index (κ1) is 14.9. The lowest BCUT2D eigenvalue weighted by Gasteiger charge is -2.20. The summed E-state index contributed by atoms with van der Waals surface area (Å²) in [5.74, 6) is -0.0592. The van der Waals surface area contributed by atoms with Crippen LogP contribution in [-0.4, -0.2) is 29.8 Å². The third kappa shape index (κ3) is 2.96. The summed E-state index contributed by atoms with van der Waals surface area (Å²) in [6.07, 6.45) is 1.05. The average molecular weight is 295 g/mol. The summed E-state index contributed by atoms with van der Waals surface area (Å²) in [7, 11) is 1.68. The molecule has 108 valence electrons. The zero-order valence-electron chi connectivity index (χ0n) is 12.0. The highest BCUT2D eigenvalue weighted by Crippen LogP contribution is 2.21. The molecular weight excluding hydrogens is 276 g/mol. The van der Waals surface area contributed by atoms with Gasteiger partial charge in [0.1, 0.15) is 6.04 Å². The van der Waals surface area contributed by atoms with Gasteiger partial charge < -0.3 is 10.2 Å². The molecule has 1 aliphatic rings. The van der Waals surface area contributed by atoms with E-state index in [0.29, 0.717) is 24.4 Å². The minimum atomic E-state index is -0.338. The molecular formula is C15H19ClN2O2. The Morgan fingerprint density at radius 2 is 2.00 bits per heavy atom. The maximum Gasteiger partial charge on any atom is 0.243 e. The second kappa shape index (κ2) is 5.83. The van der Waals surface area contributed by atoms with E-state index in [4.69, 9.17) is 11.6 Å². The van der Waals surface area contributed by atoms with Crippen molar-refractivity contribution in [1.29, 1.82) is 0 Å². The fourth-order valence-corrected chi connectivity index (χ4v) is 2.95. The van der Waals surface area contributed by atoms with E-state index in [1.165, 1.54) is 4.90 Å². The lowest BCUT2D eigenvalue weighted by atomic mass is 10.0. The number of amides is 2. The zero-order valence-corrected chi connectivity index (χ0v) is 12.8. The molecule has 0 aliphatic carbocycles. The van der Waals surface area contributed by atoms with Crippen molar-refractivity contribution in [2.24, 2.45) is 0 Å². The Morgan fingerprint density at radius 3 is 2.50 bits per heavy atom. The highest BCUT2D eigenvalue weighted by Gasteiger charge is 2.32. The number of rotatable bonds is 3. The number of hydrogen-bond acceptors (Lipinski definition) is 2. The van der Waals surface area contributed by atoms with E-state index in [1.54, 1.807) is 7.05 Å². The molecule has 20 heavy (non-hydrogen) atoms. The van der Waals surface area contributed by atoms with E-state index in [0.717, 1.165) is 16.7 Å². The summed E-state index contributed by atoms with van der Waals surface area (Å²) in [4.78, 5) is 25.1. The number of carbonyl (C=O) groups excluding carboxylic acids is 2. The van der Waals surface area contributed by atoms with Crippen molar-refractivity contribution in [2.45, 2.75) is 39.3 Å². The summed E-state index contributed by atoms with van der Waals surface area (Å²) in [5, 5.41) is 3.62. The summed E-state index contributed by atoms with van der Waals surface area (Å²) in [6, 6.07) is 3.44. The van der Waals surface area contributed by atoms with Gasteiger partial charge in [0.05, 0.1) is 0 Å². The molecule has 0 spiro atoms. The molecule has 1 saturated heterocycles. The SMILES string of the molecule is Cc1cc(Cl)cc(C)c1CNC(=O)C1CCC(=O)N1C. The van der Waals surface area contributed by atoms with Crippen molar-refractivity contribution in [3.8, 4) is 0 Å². The number of nitrogens with zero attached hydrogens (tertiary/aromatic N) is 1. The number of aryl methyl sites for hydroxylation is 2. The van der Waals surface area contributed by atoms with Crippen LogP contribution in [0.2, 0.25) is 5.02 Å². The second-order valence-corrected chi connectivity index (χ2v) is 5.73. The standard InChI is InChI=1S/C15H19ClN2O2/c1-9-6-11(16)7-10(2)12(9)8-17-15(20)13-4-5-14(19)18(13)3/h6-7,13H,4-5,8H2,1-3H3,(H,17,20). The molecule has 1 aliphatic heterocycles. The van der Waals surface area contributed by atoms with Gasteiger partial charge in [0.15, 0.2) is 0 Å². The molecule has 2 rings (SSSR count). The van der Waals surface area contributed by atoms with Gasteiger partial charge in [0.25, 0.3) is 0 Å². The number of halogens is 1. The van der Waals surface area contributed by atoms with Crippen LogP contribution in [0.25, 0.3) is 0 Å². The Hall–Kier alpha value is -1.55. The third-order valence-electron chi connectivity index (χ3n) is 3.90. The fraction of sp³-hybridized carbons (Fsp3) is 0.467. The molecule has 0 saturated carbocycles. The Bertz CT molecular complexity index is 534. The molecule has 4 nitrogen and oxygen atoms in total. The largest absolute Gasteiger partial charge is 0.350 e. The highest BCUT2D eigenvalue weighted by molar-refractivity contribution is 6.30. The van der Waals surface area contributed by atoms with E-state index >= 15 is 0 Å². The molecule has 1 atom stereocenters. The summed E-state index contributed by atoms with van der Waals surface area (Å²) in [5.41, 5.74) is 3.20. The number of nitrogens with one attached hydrogen (secondary N) is 1. The summed E-state index contributed by atoms with van der Waals surface area (Å²) >= 11 is 5.99. The van der Waals surface area contributed by atoms with E-state index < -0.39 is 0 Å². The van der Waals surface area contributed by atoms with Crippen molar-refractivity contribution in [2.75, 3.05) is 7.05 Å². The van der Waals surface area contributed by atoms with Crippen molar-refractivity contribution in [3.63, 3.8) is 0 Å². The molecule has 1 unspecified atom stereocenters. The van der Waals surface area contributed by atoms with Crippen molar-refractivity contribution >= 4 is 23.4 Å². The Labute approximate surface area is 124 Å². The van der Waals surface area contributed by atoms with Crippen LogP contribution < -0.4 is 5.32 Å². The first-order chi connectivity index (χ1) is 9.40. The van der Waals surface area contributed by atoms with Crippen LogP contribution in [0.3, 0.4) is 0 Å². The van der Waals surface area contributed by atoms with Crippen LogP contribution in [0, 0.1) is 13.8 Å². The number of benzene rings is 1. The molecule has 2 amide bonds. The van der Waals surface area contributed by atoms with Gasteiger partial charge in [-0.25, -0.2) is 0 Å². The third-order valence-corrected chi connectivity index (χ3v) is 4.11. The van der Waals surface area contributed by atoms with Gasteiger partial charge in [-0.05, 0) is 49.1 Å². The van der Waals surface area contributed by atoms with Crippen LogP contribution in [0.4, 0.5) is 0 Å². The molecule has 1 heterocycles. The second-order valence-electron chi connectivity index (χ2n) is 5.30. The Morgan fingerprint density at radius 1 is 1.40 bits per heavy atom. The predicted molar refractivity (Wildman–Crippen MR) is 78.6 cm³/mol. The van der Waals surface area contributed by atoms with Gasteiger partial charge in [-0.3, -0.25) is 9.59 Å². The normalized spacial score (nSPS) is 18.5. The first-order valence-corrected chi connectivity index (χ1v) is 7.07. The van der Waals surface area contributed by atoms with Crippen LogP contribution in [0.1, 0.15) is 29.5 Å². The maximum atomic E-state index is 12.1. The van der Waals surface area contributed by atoms with Gasteiger partial charge in [0.2, 0.25) is 11.8 Å². The maximum absolute atomic E-state index is 12.1. The number of hydrogen-bond donors (Lipinski definition) is 1. The number of likely N-dealkylation sites (tertiary alicyclic amines) is 1. The minimum Gasteiger partial charge on any atom is -0.350 e. The Kier molecular flexibility index (Phi) is 4.33. The van der Waals surface area contributed by atoms with Crippen LogP contribution in [0.15, 0.2) is 12.1 Å². The molecule has 1 fully saturated rings. The monoisotopic (exact) mass is 294 g/mol. The van der Waals surface area contributed by atoms with Crippen molar-refractivity contribution < 1.29 is 9.59 Å². The molecule has 0 bridgehead atoms. The lowest BCUT2D eigenvalue weighted by molar-refractivity contribution is -0.133. The highest BCUT2D eigenvalue weighted by atomic mass is 35.5. The molecule has 1 aromatic rings. The van der Waals surface area contributed by atoms with Gasteiger partial charge in [-0.2, -0.15) is 0 Å². The van der Waals surface area contributed by atoms with Crippen molar-refractivity contribution in [3.05, 3.63) is 33.8 Å². The summed E-state index contributed by atoms with van der Waals surface area (Å²) < 4.78 is 0. The van der Waals surface area contributed by atoms with Gasteiger partial charge in [-0.15, -0.1) is 0 Å². The first-order valence-electron chi connectivity index (χ1n) is 6.69. The quantitative estimate of drug-likeness (QED) is 0.929. The van der Waals surface area contributed by atoms with E-state index in [9.17, 15) is 9.59 Å². The topological polar surface area (TPSA) is 49.4 Å². The van der Waals surface area contributed by atoms with E-state index in [2.05, 4.69) is 5.32 Å². The van der Waals surface area contributed by atoms with Gasteiger partial charge in [0, 0.05) is 25.0 Å². The van der Waals surface area contributed by atoms with Crippen LogP contribution in [0.5, 0.6) is 0 Å². The van der Waals surface area contributed by atoms with Crippen molar-refractivity contribution in [1.82, 2.24) is 10.2 Å². The van der Waals surface area contributed by atoms with Gasteiger partial charge in [-0.1, -0.05) is 11.6 Å². The Balaban J connectivity index is 2.03. The zero-order chi connectivity index (χ0) is 14.9. The molecule has 0 aromatic heterocycles. The van der Waals surface area contributed by atoms with Gasteiger partial charge >= 0.3 is 0 Å². The van der Waals surface area contributed by atoms with E-state index in [1.807, 2.05) is 26.0 Å². The molecule has 5 heteroatoms. The van der Waals surface area contributed by atoms with Crippen LogP contribution in [-0.2, 0) is 16.1 Å². The molecule has 1 aromatic carbocycles. The summed E-state index contributed by atoms with van der Waals surface area (Å²) in [6.45, 7) is 4.42. The smallest absolute Gasteiger partial charge is 0.243 e. The van der Waals surface area contributed by atoms with E-state index in [-0.39, 0.29) is 17.9 Å². The molecule has 1 N–H and O–H groups in total. The number of likely N-dealkylation sites (N-methyl/N-ethyl adjacent to an activating group) is 1. The average Bonchev–Trinajstić information content (AvgIpc) is 2.68. The fourth-order valence-electron chi connectivity index (χ4n) is 2.62. The minimum absolute atomic E-state index is 0.0315. The lowest BCUT2D eigenvalue weighted by Crippen LogP contribution is -2.42. The molecule has 0 radical (unpaired) electrons. The number of carbonyl (C=O) groups is 2. The van der Waals surface area contributed by atoms with Crippen LogP contribution >= 0.6 is 11.6 Å². The predicted octanol–water partition coefficient (Wildman–Crippen LogP) is 2.19.